The molecule has 7 amide bonds. The van der Waals surface area contributed by atoms with Crippen LogP contribution in [-0.2, 0) is 52.6 Å². The number of likely N-dealkylation sites (N-methyl/N-ethyl adjacent to an activating group) is 3. The van der Waals surface area contributed by atoms with Gasteiger partial charge in [0, 0.05) is 34.2 Å². The van der Waals surface area contributed by atoms with Crippen molar-refractivity contribution in [3.05, 3.63) is 0 Å². The summed E-state index contributed by atoms with van der Waals surface area (Å²) in [5, 5.41) is 5.84. The molecule has 18 nitrogen and oxygen atoms in total. The summed E-state index contributed by atoms with van der Waals surface area (Å²) in [5.74, 6) is -7.64. The summed E-state index contributed by atoms with van der Waals surface area (Å²) < 4.78 is 12.3. The third-order valence-electron chi connectivity index (χ3n) is 15.0. The van der Waals surface area contributed by atoms with Crippen molar-refractivity contribution in [2.24, 2.45) is 35.0 Å². The molecule has 3 fully saturated rings. The van der Waals surface area contributed by atoms with Crippen LogP contribution < -0.4 is 10.6 Å². The van der Waals surface area contributed by atoms with Crippen molar-refractivity contribution >= 4 is 53.3 Å². The molecule has 0 aromatic rings. The summed E-state index contributed by atoms with van der Waals surface area (Å²) in [4.78, 5) is 137. The number of rotatable bonds is 10. The number of hydrogen-bond acceptors (Lipinski definition) is 11. The fourth-order valence-corrected chi connectivity index (χ4v) is 10.0. The molecule has 0 aromatic heterocycles. The van der Waals surface area contributed by atoms with Gasteiger partial charge in [0.25, 0.3) is 5.91 Å². The number of amides is 7. The number of esters is 2. The van der Waals surface area contributed by atoms with Crippen molar-refractivity contribution in [3.63, 3.8) is 0 Å². The minimum absolute atomic E-state index is 0.218. The lowest BCUT2D eigenvalue weighted by Crippen LogP contribution is -2.61. The van der Waals surface area contributed by atoms with E-state index in [9.17, 15) is 43.2 Å². The topological polar surface area (TPSA) is 212 Å². The molecule has 0 unspecified atom stereocenters. The van der Waals surface area contributed by atoms with Gasteiger partial charge in [0.15, 0.2) is 6.10 Å². The van der Waals surface area contributed by atoms with Gasteiger partial charge in [-0.3, -0.25) is 33.6 Å². The van der Waals surface area contributed by atoms with Crippen molar-refractivity contribution in [2.45, 2.75) is 209 Å². The van der Waals surface area contributed by atoms with Crippen molar-refractivity contribution in [2.75, 3.05) is 34.2 Å². The van der Waals surface area contributed by atoms with E-state index >= 15 is 0 Å². The summed E-state index contributed by atoms with van der Waals surface area (Å²) in [5.41, 5.74) is -1.38. The Hall–Kier alpha value is -4.77. The van der Waals surface area contributed by atoms with Gasteiger partial charge in [-0.25, -0.2) is 9.59 Å². The van der Waals surface area contributed by atoms with Crippen molar-refractivity contribution in [3.8, 4) is 0 Å². The van der Waals surface area contributed by atoms with Crippen LogP contribution in [0.5, 0.6) is 0 Å². The van der Waals surface area contributed by atoms with Gasteiger partial charge in [-0.1, -0.05) is 95.4 Å². The number of carbonyl (C=O) groups excluding carboxylic acids is 9. The summed E-state index contributed by atoms with van der Waals surface area (Å²) >= 11 is 0. The molecule has 3 aliphatic rings. The van der Waals surface area contributed by atoms with Crippen LogP contribution in [0.1, 0.15) is 155 Å². The molecule has 10 atom stereocenters. The minimum atomic E-state index is -1.38. The van der Waals surface area contributed by atoms with Crippen LogP contribution >= 0.6 is 0 Å². The highest BCUT2D eigenvalue weighted by Crippen LogP contribution is 2.32. The number of nitrogens with one attached hydrogen (secondary N) is 2. The molecule has 0 bridgehead atoms. The van der Waals surface area contributed by atoms with Crippen LogP contribution in [0.15, 0.2) is 0 Å². The quantitative estimate of drug-likeness (QED) is 0.229. The fraction of sp³-hybridized carbons (Fsp3) is 0.827. The SMILES string of the molecule is CCCCC[C@H]1OC(=O)[C@H](C(C)C)NC(=O)[C@@H]2CCCN2C(=O)[C@@H]2CCCN2C(=O)[C@@H](C(C)C)OC(=O)[C@H](C(C)C)N(C)C(=O)[C@H](C(C)C)N(C)C(=O)[C@H](C)N(C)C(=O)[C@H]([C@@H](C)CC)NC(=O)C1(C)C. The van der Waals surface area contributed by atoms with Crippen LogP contribution in [-0.4, -0.2) is 167 Å². The molecule has 3 heterocycles. The lowest BCUT2D eigenvalue weighted by atomic mass is 9.81. The molecule has 0 aliphatic carbocycles. The molecule has 3 rings (SSSR count). The van der Waals surface area contributed by atoms with Crippen LogP contribution in [0, 0.1) is 35.0 Å². The van der Waals surface area contributed by atoms with Gasteiger partial charge in [-0.05, 0) is 88.9 Å². The summed E-state index contributed by atoms with van der Waals surface area (Å²) in [7, 11) is 4.41. The first kappa shape index (κ1) is 59.5. The fourth-order valence-electron chi connectivity index (χ4n) is 10.0. The van der Waals surface area contributed by atoms with E-state index < -0.39 is 143 Å². The number of nitrogens with zero attached hydrogens (tertiary/aromatic N) is 5. The number of carbonyl (C=O) groups is 9. The Labute approximate surface area is 418 Å². The van der Waals surface area contributed by atoms with Gasteiger partial charge in [0.1, 0.15) is 48.4 Å². The zero-order valence-electron chi connectivity index (χ0n) is 45.6. The average molecular weight is 988 g/mol. The van der Waals surface area contributed by atoms with Gasteiger partial charge in [0.2, 0.25) is 35.4 Å². The lowest BCUT2D eigenvalue weighted by Gasteiger charge is -2.40. The molecule has 398 valence electrons. The predicted octanol–water partition coefficient (Wildman–Crippen LogP) is 4.55. The largest absolute Gasteiger partial charge is 0.460 e. The van der Waals surface area contributed by atoms with E-state index in [0.717, 1.165) is 12.8 Å². The van der Waals surface area contributed by atoms with E-state index in [2.05, 4.69) is 10.6 Å². The second-order valence-corrected chi connectivity index (χ2v) is 22.1. The Morgan fingerprint density at radius 3 is 1.64 bits per heavy atom. The number of fused-ring (bicyclic) bond motifs is 2. The minimum Gasteiger partial charge on any atom is -0.460 e. The first-order chi connectivity index (χ1) is 32.6. The highest BCUT2D eigenvalue weighted by Gasteiger charge is 2.48. The Bertz CT molecular complexity index is 1890. The first-order valence-corrected chi connectivity index (χ1v) is 26.0. The van der Waals surface area contributed by atoms with Gasteiger partial charge >= 0.3 is 11.9 Å². The summed E-state index contributed by atoms with van der Waals surface area (Å²) in [6.45, 7) is 25.1. The standard InChI is InChI=1S/C52H89N7O11/c1-18-20-21-26-37-52(13,14)51(68)54-39(33(11)19-2)46(63)55(15)34(12)44(61)56(16)40(30(5)6)47(64)57(17)41(31(7)8)50(67)70-42(32(9)10)48(65)59-28-23-25-36(59)45(62)58-27-22-24-35(58)43(60)53-38(29(3)4)49(66)69-37/h29-42H,18-28H2,1-17H3,(H,53,60)(H,54,68)/t33-,34-,35-,36-,37+,38-,39-,40-,41-,42+/m0/s1. The summed E-state index contributed by atoms with van der Waals surface area (Å²) in [6, 6.07) is -7.48. The maximum absolute atomic E-state index is 14.6. The van der Waals surface area contributed by atoms with Gasteiger partial charge in [-0.2, -0.15) is 0 Å². The van der Waals surface area contributed by atoms with Crippen LogP contribution in [0.4, 0.5) is 0 Å². The monoisotopic (exact) mass is 988 g/mol. The van der Waals surface area contributed by atoms with Gasteiger partial charge in [-0.15, -0.1) is 0 Å². The van der Waals surface area contributed by atoms with Crippen molar-refractivity contribution in [1.29, 1.82) is 0 Å². The number of hydrogen-bond donors (Lipinski definition) is 2. The molecule has 0 spiro atoms. The number of cyclic esters (lactones) is 2. The average Bonchev–Trinajstić information content (AvgIpc) is 4.00. The van der Waals surface area contributed by atoms with E-state index in [4.69, 9.17) is 9.47 Å². The predicted molar refractivity (Wildman–Crippen MR) is 265 cm³/mol. The highest BCUT2D eigenvalue weighted by molar-refractivity contribution is 5.97. The summed E-state index contributed by atoms with van der Waals surface area (Å²) in [6.07, 6.45) is 2.46. The van der Waals surface area contributed by atoms with Crippen LogP contribution in [0.2, 0.25) is 0 Å². The van der Waals surface area contributed by atoms with Crippen LogP contribution in [0.3, 0.4) is 0 Å². The maximum Gasteiger partial charge on any atom is 0.329 e. The molecule has 2 N–H and O–H groups in total. The van der Waals surface area contributed by atoms with Gasteiger partial charge < -0.3 is 44.6 Å². The normalized spacial score (nSPS) is 29.6. The van der Waals surface area contributed by atoms with E-state index in [-0.39, 0.29) is 13.1 Å². The van der Waals surface area contributed by atoms with Crippen molar-refractivity contribution < 1.29 is 52.6 Å². The zero-order valence-corrected chi connectivity index (χ0v) is 45.6. The Balaban J connectivity index is 2.21. The molecule has 0 radical (unpaired) electrons. The molecular weight excluding hydrogens is 899 g/mol. The Morgan fingerprint density at radius 1 is 0.586 bits per heavy atom. The molecular formula is C52H89N7O11. The molecule has 70 heavy (non-hydrogen) atoms. The molecule has 18 heteroatoms. The highest BCUT2D eigenvalue weighted by atomic mass is 16.6. The van der Waals surface area contributed by atoms with Gasteiger partial charge in [0.05, 0.1) is 5.41 Å². The smallest absolute Gasteiger partial charge is 0.329 e. The van der Waals surface area contributed by atoms with E-state index in [1.807, 2.05) is 20.8 Å². The Morgan fingerprint density at radius 2 is 1.13 bits per heavy atom. The van der Waals surface area contributed by atoms with Crippen LogP contribution in [0.25, 0.3) is 0 Å². The third kappa shape index (κ3) is 13.6. The lowest BCUT2D eigenvalue weighted by molar-refractivity contribution is -0.172. The zero-order chi connectivity index (χ0) is 53.3. The first-order valence-electron chi connectivity index (χ1n) is 26.0. The third-order valence-corrected chi connectivity index (χ3v) is 15.0. The van der Waals surface area contributed by atoms with E-state index in [1.54, 1.807) is 76.2 Å². The van der Waals surface area contributed by atoms with E-state index in [1.165, 1.54) is 45.6 Å². The van der Waals surface area contributed by atoms with Crippen molar-refractivity contribution in [1.82, 2.24) is 35.1 Å². The molecule has 3 saturated heterocycles. The van der Waals surface area contributed by atoms with E-state index in [0.29, 0.717) is 44.9 Å². The second-order valence-electron chi connectivity index (χ2n) is 22.1. The molecule has 3 aliphatic heterocycles. The Kier molecular flexibility index (Phi) is 21.7. The maximum atomic E-state index is 14.6. The number of unbranched alkanes of at least 4 members (excludes halogenated alkanes) is 2. The second kappa shape index (κ2) is 25.6. The number of ether oxygens (including phenoxy) is 2. The molecule has 0 aromatic carbocycles. The molecule has 0 saturated carbocycles.